The first kappa shape index (κ1) is 21.5. The molecule has 0 radical (unpaired) electrons. The molecule has 2 atom stereocenters. The molecule has 29 heavy (non-hydrogen) atoms. The van der Waals surface area contributed by atoms with E-state index in [0.29, 0.717) is 45.3 Å². The largest absolute Gasteiger partial charge is 0.444 e. The molecule has 3 heterocycles. The predicted molar refractivity (Wildman–Crippen MR) is 108 cm³/mol. The minimum Gasteiger partial charge on any atom is -0.444 e. The highest BCUT2D eigenvalue weighted by molar-refractivity contribution is 8.00. The van der Waals surface area contributed by atoms with Crippen molar-refractivity contribution in [2.75, 3.05) is 19.6 Å². The third kappa shape index (κ3) is 5.04. The third-order valence-corrected chi connectivity index (χ3v) is 5.90. The SMILES string of the molecule is CC(C)(C)OC(=O)N1CCC[C@H]1C(=O)N1CCC[C@H]1C(=O)NC(=O)N1CC=CS1. The van der Waals surface area contributed by atoms with E-state index >= 15 is 0 Å². The minimum absolute atomic E-state index is 0.254. The summed E-state index contributed by atoms with van der Waals surface area (Å²) in [5, 5.41) is 4.17. The van der Waals surface area contributed by atoms with Crippen molar-refractivity contribution >= 4 is 35.9 Å². The molecule has 0 bridgehead atoms. The highest BCUT2D eigenvalue weighted by atomic mass is 32.2. The molecule has 9 nitrogen and oxygen atoms in total. The van der Waals surface area contributed by atoms with E-state index in [1.165, 1.54) is 26.1 Å². The summed E-state index contributed by atoms with van der Waals surface area (Å²) < 4.78 is 6.86. The van der Waals surface area contributed by atoms with Gasteiger partial charge < -0.3 is 9.64 Å². The summed E-state index contributed by atoms with van der Waals surface area (Å²) in [4.78, 5) is 53.5. The standard InChI is InChI=1S/C19H28N4O5S/c1-19(2,3)28-18(27)22-10-5-8-14(22)16(25)21-9-4-7-13(21)15(24)20-17(26)23-11-6-12-29-23/h6,12-14H,4-5,7-11H2,1-3H3,(H,20,24,26)/t13-,14-/m0/s1. The average Bonchev–Trinajstić information content (AvgIpc) is 3.40. The molecule has 0 aromatic carbocycles. The van der Waals surface area contributed by atoms with Crippen molar-refractivity contribution in [2.45, 2.75) is 64.1 Å². The molecule has 5 amide bonds. The molecule has 10 heteroatoms. The van der Waals surface area contributed by atoms with Crippen LogP contribution >= 0.6 is 11.9 Å². The molecule has 0 unspecified atom stereocenters. The Labute approximate surface area is 174 Å². The smallest absolute Gasteiger partial charge is 0.410 e. The molecule has 0 aliphatic carbocycles. The van der Waals surface area contributed by atoms with E-state index in [0.717, 1.165) is 0 Å². The maximum atomic E-state index is 13.2. The van der Waals surface area contributed by atoms with Gasteiger partial charge in [0.2, 0.25) is 5.91 Å². The molecule has 160 valence electrons. The number of amides is 5. The van der Waals surface area contributed by atoms with Gasteiger partial charge in [0, 0.05) is 13.1 Å². The number of hydrogen-bond donors (Lipinski definition) is 1. The number of nitrogens with one attached hydrogen (secondary N) is 1. The number of carbonyl (C=O) groups excluding carboxylic acids is 4. The molecule has 0 aromatic rings. The van der Waals surface area contributed by atoms with Crippen LogP contribution in [-0.4, -0.2) is 75.4 Å². The van der Waals surface area contributed by atoms with Crippen LogP contribution in [0.5, 0.6) is 0 Å². The van der Waals surface area contributed by atoms with Crippen molar-refractivity contribution in [1.82, 2.24) is 19.4 Å². The second-order valence-electron chi connectivity index (χ2n) is 8.35. The van der Waals surface area contributed by atoms with E-state index in [4.69, 9.17) is 4.74 Å². The highest BCUT2D eigenvalue weighted by Gasteiger charge is 2.43. The van der Waals surface area contributed by atoms with Crippen LogP contribution in [0.4, 0.5) is 9.59 Å². The van der Waals surface area contributed by atoms with E-state index < -0.39 is 35.7 Å². The fourth-order valence-corrected chi connectivity index (χ4v) is 4.37. The molecule has 2 saturated heterocycles. The quantitative estimate of drug-likeness (QED) is 0.682. The lowest BCUT2D eigenvalue weighted by atomic mass is 10.1. The van der Waals surface area contributed by atoms with E-state index in [1.807, 2.05) is 6.08 Å². The Hall–Kier alpha value is -2.23. The zero-order valence-electron chi connectivity index (χ0n) is 17.1. The molecule has 1 N–H and O–H groups in total. The van der Waals surface area contributed by atoms with Gasteiger partial charge in [-0.15, -0.1) is 0 Å². The molecule has 3 aliphatic rings. The monoisotopic (exact) mass is 424 g/mol. The fraction of sp³-hybridized carbons (Fsp3) is 0.684. The lowest BCUT2D eigenvalue weighted by molar-refractivity contribution is -0.141. The van der Waals surface area contributed by atoms with E-state index in [9.17, 15) is 19.2 Å². The summed E-state index contributed by atoms with van der Waals surface area (Å²) in [5.74, 6) is -0.731. The van der Waals surface area contributed by atoms with Crippen molar-refractivity contribution < 1.29 is 23.9 Å². The second-order valence-corrected chi connectivity index (χ2v) is 9.28. The van der Waals surface area contributed by atoms with Crippen molar-refractivity contribution in [3.05, 3.63) is 11.5 Å². The molecule has 0 saturated carbocycles. The van der Waals surface area contributed by atoms with Crippen molar-refractivity contribution in [1.29, 1.82) is 0 Å². The summed E-state index contributed by atoms with van der Waals surface area (Å²) in [6, 6.07) is -1.82. The van der Waals surface area contributed by atoms with Gasteiger partial charge in [-0.3, -0.25) is 24.1 Å². The minimum atomic E-state index is -0.701. The Kier molecular flexibility index (Phi) is 6.40. The van der Waals surface area contributed by atoms with Gasteiger partial charge in [-0.05, 0) is 63.8 Å². The van der Waals surface area contributed by atoms with E-state index in [-0.39, 0.29) is 5.91 Å². The number of ether oxygens (including phenoxy) is 1. The van der Waals surface area contributed by atoms with Crippen LogP contribution in [0.25, 0.3) is 0 Å². The predicted octanol–water partition coefficient (Wildman–Crippen LogP) is 2.09. The van der Waals surface area contributed by atoms with Crippen molar-refractivity contribution in [3.63, 3.8) is 0 Å². The topological polar surface area (TPSA) is 99.3 Å². The van der Waals surface area contributed by atoms with Gasteiger partial charge in [-0.25, -0.2) is 9.59 Å². The number of nitrogens with zero attached hydrogens (tertiary/aromatic N) is 3. The molecular weight excluding hydrogens is 396 g/mol. The first-order valence-electron chi connectivity index (χ1n) is 9.91. The van der Waals surface area contributed by atoms with Gasteiger partial charge in [0.1, 0.15) is 17.7 Å². The molecule has 0 spiro atoms. The molecule has 0 aromatic heterocycles. The highest BCUT2D eigenvalue weighted by Crippen LogP contribution is 2.26. The fourth-order valence-electron chi connectivity index (χ4n) is 3.74. The number of hydrogen-bond acceptors (Lipinski definition) is 6. The van der Waals surface area contributed by atoms with Crippen LogP contribution in [0.3, 0.4) is 0 Å². The summed E-state index contributed by atoms with van der Waals surface area (Å²) in [5.41, 5.74) is -0.647. The van der Waals surface area contributed by atoms with Crippen LogP contribution < -0.4 is 5.32 Å². The lowest BCUT2D eigenvalue weighted by Gasteiger charge is -2.32. The first-order chi connectivity index (χ1) is 13.7. The Morgan fingerprint density at radius 1 is 1.03 bits per heavy atom. The van der Waals surface area contributed by atoms with Crippen LogP contribution in [0.2, 0.25) is 0 Å². The van der Waals surface area contributed by atoms with Gasteiger partial charge in [0.05, 0.1) is 6.54 Å². The molecular formula is C19H28N4O5S. The van der Waals surface area contributed by atoms with Crippen LogP contribution in [0.15, 0.2) is 11.5 Å². The zero-order chi connectivity index (χ0) is 21.2. The Balaban J connectivity index is 1.63. The van der Waals surface area contributed by atoms with Gasteiger partial charge in [-0.2, -0.15) is 0 Å². The Morgan fingerprint density at radius 2 is 1.69 bits per heavy atom. The van der Waals surface area contributed by atoms with Crippen molar-refractivity contribution in [3.8, 4) is 0 Å². The summed E-state index contributed by atoms with van der Waals surface area (Å²) in [6.45, 7) is 6.67. The molecule has 2 fully saturated rings. The van der Waals surface area contributed by atoms with E-state index in [2.05, 4.69) is 5.32 Å². The van der Waals surface area contributed by atoms with Gasteiger partial charge in [0.15, 0.2) is 0 Å². The van der Waals surface area contributed by atoms with Gasteiger partial charge in [-0.1, -0.05) is 6.08 Å². The molecule has 3 rings (SSSR count). The number of urea groups is 1. The normalized spacial score (nSPS) is 24.2. The number of imide groups is 1. The average molecular weight is 425 g/mol. The third-order valence-electron chi connectivity index (χ3n) is 5.02. The first-order valence-corrected chi connectivity index (χ1v) is 10.8. The number of rotatable bonds is 2. The summed E-state index contributed by atoms with van der Waals surface area (Å²) in [7, 11) is 0. The zero-order valence-corrected chi connectivity index (χ0v) is 17.9. The Bertz CT molecular complexity index is 712. The van der Waals surface area contributed by atoms with E-state index in [1.54, 1.807) is 26.2 Å². The van der Waals surface area contributed by atoms with Gasteiger partial charge >= 0.3 is 12.1 Å². The van der Waals surface area contributed by atoms with Crippen LogP contribution in [0.1, 0.15) is 46.5 Å². The summed E-state index contributed by atoms with van der Waals surface area (Å²) in [6.07, 6.45) is 3.73. The maximum Gasteiger partial charge on any atom is 0.410 e. The maximum absolute atomic E-state index is 13.2. The van der Waals surface area contributed by atoms with Crippen LogP contribution in [-0.2, 0) is 14.3 Å². The van der Waals surface area contributed by atoms with Crippen molar-refractivity contribution in [2.24, 2.45) is 0 Å². The number of likely N-dealkylation sites (tertiary alicyclic amines) is 2. The van der Waals surface area contributed by atoms with Crippen LogP contribution in [0, 0.1) is 0 Å². The molecule has 3 aliphatic heterocycles. The number of carbonyl (C=O) groups is 4. The van der Waals surface area contributed by atoms with Gasteiger partial charge in [0.25, 0.3) is 5.91 Å². The second kappa shape index (κ2) is 8.64. The summed E-state index contributed by atoms with van der Waals surface area (Å²) >= 11 is 1.22. The Morgan fingerprint density at radius 3 is 2.31 bits per heavy atom. The lowest BCUT2D eigenvalue weighted by Crippen LogP contribution is -2.54.